The van der Waals surface area contributed by atoms with Gasteiger partial charge in [0.1, 0.15) is 11.4 Å². The number of nitrogens with zero attached hydrogens (tertiary/aromatic N) is 1. The van der Waals surface area contributed by atoms with E-state index in [0.717, 1.165) is 10.0 Å². The summed E-state index contributed by atoms with van der Waals surface area (Å²) in [6, 6.07) is 14.4. The summed E-state index contributed by atoms with van der Waals surface area (Å²) in [6.45, 7) is 1.94. The van der Waals surface area contributed by atoms with Gasteiger partial charge in [0.25, 0.3) is 11.8 Å². The highest BCUT2D eigenvalue weighted by Crippen LogP contribution is 2.19. The summed E-state index contributed by atoms with van der Waals surface area (Å²) in [4.78, 5) is 27.5. The highest BCUT2D eigenvalue weighted by atomic mass is 79.9. The van der Waals surface area contributed by atoms with Crippen molar-refractivity contribution in [1.82, 2.24) is 10.2 Å². The fourth-order valence-electron chi connectivity index (χ4n) is 2.84. The van der Waals surface area contributed by atoms with Crippen molar-refractivity contribution in [3.8, 4) is 5.75 Å². The Bertz CT molecular complexity index is 874. The number of hydrogen-bond acceptors (Lipinski definition) is 4. The van der Waals surface area contributed by atoms with Crippen LogP contribution in [0, 0.1) is 0 Å². The minimum atomic E-state index is -0.401. The molecule has 1 heterocycles. The highest BCUT2D eigenvalue weighted by Gasteiger charge is 2.23. The average Bonchev–Trinajstić information content (AvgIpc) is 2.74. The Kier molecular flexibility index (Phi) is 6.84. The Morgan fingerprint density at radius 2 is 1.79 bits per heavy atom. The molecule has 0 spiro atoms. The molecule has 1 saturated heterocycles. The second-order valence-electron chi connectivity index (χ2n) is 6.17. The van der Waals surface area contributed by atoms with Gasteiger partial charge in [-0.15, -0.1) is 0 Å². The van der Waals surface area contributed by atoms with E-state index in [2.05, 4.69) is 21.2 Å². The van der Waals surface area contributed by atoms with Crippen LogP contribution in [0.15, 0.2) is 58.7 Å². The first kappa shape index (κ1) is 20.1. The molecule has 2 aromatic rings. The normalized spacial score (nSPS) is 14.5. The minimum Gasteiger partial charge on any atom is -0.496 e. The van der Waals surface area contributed by atoms with E-state index in [1.165, 1.54) is 7.11 Å². The fraction of sp³-hybridized carbons (Fsp3) is 0.238. The fourth-order valence-corrected chi connectivity index (χ4v) is 3.10. The smallest absolute Gasteiger partial charge is 0.270 e. The number of morpholine rings is 1. The first-order chi connectivity index (χ1) is 13.6. The second-order valence-corrected chi connectivity index (χ2v) is 7.08. The van der Waals surface area contributed by atoms with Crippen LogP contribution in [0.4, 0.5) is 0 Å². The third kappa shape index (κ3) is 4.99. The molecule has 1 N–H and O–H groups in total. The van der Waals surface area contributed by atoms with E-state index in [1.54, 1.807) is 35.2 Å². The van der Waals surface area contributed by atoms with E-state index in [9.17, 15) is 9.59 Å². The molecule has 0 unspecified atom stereocenters. The molecule has 2 amide bonds. The van der Waals surface area contributed by atoms with Gasteiger partial charge in [0.05, 0.1) is 25.9 Å². The Labute approximate surface area is 172 Å². The Morgan fingerprint density at radius 3 is 2.46 bits per heavy atom. The molecule has 0 saturated carbocycles. The summed E-state index contributed by atoms with van der Waals surface area (Å²) in [5.41, 5.74) is 1.38. The predicted molar refractivity (Wildman–Crippen MR) is 110 cm³/mol. The van der Waals surface area contributed by atoms with Crippen LogP contribution in [0.1, 0.15) is 15.9 Å². The van der Waals surface area contributed by atoms with Crippen LogP contribution < -0.4 is 10.1 Å². The van der Waals surface area contributed by atoms with E-state index < -0.39 is 5.91 Å². The van der Waals surface area contributed by atoms with Crippen LogP contribution in [0.2, 0.25) is 0 Å². The molecule has 0 aliphatic carbocycles. The van der Waals surface area contributed by atoms with Crippen LogP contribution in [0.5, 0.6) is 5.75 Å². The molecule has 0 bridgehead atoms. The maximum Gasteiger partial charge on any atom is 0.270 e. The lowest BCUT2D eigenvalue weighted by molar-refractivity contribution is -0.131. The average molecular weight is 445 g/mol. The van der Waals surface area contributed by atoms with Gasteiger partial charge in [-0.25, -0.2) is 0 Å². The zero-order valence-corrected chi connectivity index (χ0v) is 17.1. The molecular formula is C21H21BrN2O4. The molecule has 0 atom stereocenters. The number of ether oxygens (including phenoxy) is 2. The molecule has 146 valence electrons. The van der Waals surface area contributed by atoms with E-state index >= 15 is 0 Å². The predicted octanol–water partition coefficient (Wildman–Crippen LogP) is 3.09. The van der Waals surface area contributed by atoms with Crippen molar-refractivity contribution in [3.63, 3.8) is 0 Å². The van der Waals surface area contributed by atoms with Crippen molar-refractivity contribution in [2.45, 2.75) is 0 Å². The molecule has 1 aliphatic heterocycles. The molecule has 28 heavy (non-hydrogen) atoms. The topological polar surface area (TPSA) is 67.9 Å². The van der Waals surface area contributed by atoms with Crippen molar-refractivity contribution in [3.05, 3.63) is 69.8 Å². The third-order valence-electron chi connectivity index (χ3n) is 4.31. The molecule has 3 rings (SSSR count). The van der Waals surface area contributed by atoms with Crippen molar-refractivity contribution >= 4 is 33.8 Å². The quantitative estimate of drug-likeness (QED) is 0.719. The molecule has 1 fully saturated rings. The summed E-state index contributed by atoms with van der Waals surface area (Å²) >= 11 is 3.40. The minimum absolute atomic E-state index is 0.208. The molecule has 0 aromatic heterocycles. The summed E-state index contributed by atoms with van der Waals surface area (Å²) in [6.07, 6.45) is 1.68. The monoisotopic (exact) mass is 444 g/mol. The number of benzene rings is 2. The summed E-state index contributed by atoms with van der Waals surface area (Å²) in [5, 5.41) is 2.77. The lowest BCUT2D eigenvalue weighted by Gasteiger charge is -2.28. The van der Waals surface area contributed by atoms with Gasteiger partial charge in [-0.05, 0) is 35.9 Å². The first-order valence-corrected chi connectivity index (χ1v) is 9.66. The number of nitrogens with one attached hydrogen (secondary N) is 1. The molecule has 6 nitrogen and oxygen atoms in total. The zero-order valence-electron chi connectivity index (χ0n) is 15.5. The SMILES string of the molecule is COc1ccccc1C(=O)N/C(=C\c1ccc(Br)cc1)C(=O)N1CCOCC1. The van der Waals surface area contributed by atoms with Gasteiger partial charge in [-0.2, -0.15) is 0 Å². The second kappa shape index (κ2) is 9.52. The Balaban J connectivity index is 1.90. The summed E-state index contributed by atoms with van der Waals surface area (Å²) < 4.78 is 11.5. The molecular weight excluding hydrogens is 424 g/mol. The zero-order chi connectivity index (χ0) is 19.9. The molecule has 7 heteroatoms. The summed E-state index contributed by atoms with van der Waals surface area (Å²) in [7, 11) is 1.50. The van der Waals surface area contributed by atoms with E-state index in [0.29, 0.717) is 37.6 Å². The maximum absolute atomic E-state index is 13.0. The van der Waals surface area contributed by atoms with Crippen molar-refractivity contribution in [1.29, 1.82) is 0 Å². The number of para-hydroxylation sites is 1. The number of amides is 2. The van der Waals surface area contributed by atoms with E-state index in [1.807, 2.05) is 24.3 Å². The van der Waals surface area contributed by atoms with Crippen LogP contribution >= 0.6 is 15.9 Å². The summed E-state index contributed by atoms with van der Waals surface area (Å²) in [5.74, 6) is -0.196. The highest BCUT2D eigenvalue weighted by molar-refractivity contribution is 9.10. The Hall–Kier alpha value is -2.64. The number of methoxy groups -OCH3 is 1. The van der Waals surface area contributed by atoms with E-state index in [-0.39, 0.29) is 11.6 Å². The lowest BCUT2D eigenvalue weighted by atomic mass is 10.1. The first-order valence-electron chi connectivity index (χ1n) is 8.87. The van der Waals surface area contributed by atoms with Gasteiger partial charge in [-0.1, -0.05) is 40.2 Å². The van der Waals surface area contributed by atoms with E-state index in [4.69, 9.17) is 9.47 Å². The number of halogens is 1. The molecule has 1 aliphatic rings. The van der Waals surface area contributed by atoms with Crippen molar-refractivity contribution < 1.29 is 19.1 Å². The van der Waals surface area contributed by atoms with Crippen molar-refractivity contribution in [2.24, 2.45) is 0 Å². The number of carbonyl (C=O) groups excluding carboxylic acids is 2. The van der Waals surface area contributed by atoms with Crippen LogP contribution in [-0.2, 0) is 9.53 Å². The van der Waals surface area contributed by atoms with Gasteiger partial charge in [0, 0.05) is 17.6 Å². The van der Waals surface area contributed by atoms with Gasteiger partial charge >= 0.3 is 0 Å². The number of rotatable bonds is 5. The largest absolute Gasteiger partial charge is 0.496 e. The molecule has 2 aromatic carbocycles. The maximum atomic E-state index is 13.0. The van der Waals surface area contributed by atoms with Gasteiger partial charge in [0.2, 0.25) is 0 Å². The standard InChI is InChI=1S/C21H21BrN2O4/c1-27-19-5-3-2-4-17(19)20(25)23-18(14-15-6-8-16(22)9-7-15)21(26)24-10-12-28-13-11-24/h2-9,14H,10-13H2,1H3,(H,23,25)/b18-14-. The van der Waals surface area contributed by atoms with Gasteiger partial charge < -0.3 is 19.7 Å². The number of carbonyl (C=O) groups is 2. The number of hydrogen-bond donors (Lipinski definition) is 1. The van der Waals surface area contributed by atoms with Crippen LogP contribution in [-0.4, -0.2) is 50.1 Å². The van der Waals surface area contributed by atoms with Gasteiger partial charge in [0.15, 0.2) is 0 Å². The Morgan fingerprint density at radius 1 is 1.11 bits per heavy atom. The lowest BCUT2D eigenvalue weighted by Crippen LogP contribution is -2.44. The molecule has 0 radical (unpaired) electrons. The van der Waals surface area contributed by atoms with Crippen LogP contribution in [0.25, 0.3) is 6.08 Å². The third-order valence-corrected chi connectivity index (χ3v) is 4.84. The van der Waals surface area contributed by atoms with Gasteiger partial charge in [-0.3, -0.25) is 9.59 Å². The van der Waals surface area contributed by atoms with Crippen molar-refractivity contribution in [2.75, 3.05) is 33.4 Å². The van der Waals surface area contributed by atoms with Crippen LogP contribution in [0.3, 0.4) is 0 Å².